The molecule has 0 aliphatic rings. The van der Waals surface area contributed by atoms with Crippen molar-refractivity contribution >= 4 is 17.3 Å². The minimum Gasteiger partial charge on any atom is -0.478 e. The van der Waals surface area contributed by atoms with Crippen LogP contribution in [-0.2, 0) is 0 Å². The monoisotopic (exact) mass is 282 g/mol. The Morgan fingerprint density at radius 1 is 1.35 bits per heavy atom. The maximum atomic E-state index is 13.3. The Morgan fingerprint density at radius 2 is 2.00 bits per heavy atom. The number of nitrogen functional groups attached to an aromatic ring is 1. The van der Waals surface area contributed by atoms with E-state index in [1.807, 2.05) is 6.92 Å². The molecule has 0 aromatic heterocycles. The number of aromatic carboxylic acids is 1. The Kier molecular flexibility index (Phi) is 5.80. The molecule has 0 saturated carbocycles. The van der Waals surface area contributed by atoms with Crippen LogP contribution in [0.25, 0.3) is 0 Å². The highest BCUT2D eigenvalue weighted by atomic mass is 19.1. The Hall–Kier alpha value is -1.78. The van der Waals surface area contributed by atoms with E-state index < -0.39 is 11.8 Å². The van der Waals surface area contributed by atoms with Gasteiger partial charge in [0.25, 0.3) is 0 Å². The molecule has 5 heteroatoms. The largest absolute Gasteiger partial charge is 0.478 e. The number of hydrogen-bond acceptors (Lipinski definition) is 3. The van der Waals surface area contributed by atoms with Crippen molar-refractivity contribution in [2.45, 2.75) is 46.1 Å². The number of hydrogen-bond donors (Lipinski definition) is 3. The van der Waals surface area contributed by atoms with Gasteiger partial charge in [0.15, 0.2) is 0 Å². The molecule has 0 aliphatic carbocycles. The summed E-state index contributed by atoms with van der Waals surface area (Å²) >= 11 is 0. The number of benzene rings is 1. The van der Waals surface area contributed by atoms with E-state index in [0.29, 0.717) is 11.6 Å². The third kappa shape index (κ3) is 4.40. The maximum Gasteiger partial charge on any atom is 0.340 e. The minimum atomic E-state index is -1.22. The lowest BCUT2D eigenvalue weighted by Crippen LogP contribution is -2.18. The van der Waals surface area contributed by atoms with Crippen LogP contribution < -0.4 is 11.1 Å². The Balaban J connectivity index is 2.77. The fraction of sp³-hybridized carbons (Fsp3) is 0.533. The van der Waals surface area contributed by atoms with Gasteiger partial charge in [0.05, 0.1) is 11.4 Å². The lowest BCUT2D eigenvalue weighted by Gasteiger charge is -2.18. The molecule has 1 unspecified atom stereocenters. The summed E-state index contributed by atoms with van der Waals surface area (Å²) in [5.41, 5.74) is 5.36. The second-order valence-electron chi connectivity index (χ2n) is 5.56. The number of rotatable bonds is 7. The summed E-state index contributed by atoms with van der Waals surface area (Å²) in [7, 11) is 0. The fourth-order valence-electron chi connectivity index (χ4n) is 2.11. The summed E-state index contributed by atoms with van der Waals surface area (Å²) in [5.74, 6) is -1.28. The quantitative estimate of drug-likeness (QED) is 0.666. The van der Waals surface area contributed by atoms with E-state index in [4.69, 9.17) is 10.8 Å². The molecule has 0 fully saturated rings. The molecule has 112 valence electrons. The third-order valence-electron chi connectivity index (χ3n) is 3.23. The molecule has 1 aromatic rings. The zero-order valence-corrected chi connectivity index (χ0v) is 12.2. The zero-order valence-electron chi connectivity index (χ0n) is 12.2. The van der Waals surface area contributed by atoms with Gasteiger partial charge in [-0.3, -0.25) is 0 Å². The summed E-state index contributed by atoms with van der Waals surface area (Å²) in [5, 5.41) is 12.3. The Morgan fingerprint density at radius 3 is 2.55 bits per heavy atom. The van der Waals surface area contributed by atoms with Gasteiger partial charge in [0, 0.05) is 6.04 Å². The van der Waals surface area contributed by atoms with Gasteiger partial charge in [-0.25, -0.2) is 9.18 Å². The number of carbonyl (C=O) groups is 1. The third-order valence-corrected chi connectivity index (χ3v) is 3.23. The van der Waals surface area contributed by atoms with Crippen molar-refractivity contribution < 1.29 is 14.3 Å². The van der Waals surface area contributed by atoms with Crippen molar-refractivity contribution in [2.75, 3.05) is 11.1 Å². The molecule has 1 aromatic carbocycles. The average molecular weight is 282 g/mol. The van der Waals surface area contributed by atoms with Crippen molar-refractivity contribution in [2.24, 2.45) is 5.92 Å². The van der Waals surface area contributed by atoms with Crippen LogP contribution in [-0.4, -0.2) is 17.1 Å². The highest BCUT2D eigenvalue weighted by Gasteiger charge is 2.18. The van der Waals surface area contributed by atoms with Gasteiger partial charge in [0.2, 0.25) is 0 Å². The molecule has 20 heavy (non-hydrogen) atoms. The number of carboxylic acid groups (broad SMARTS) is 1. The van der Waals surface area contributed by atoms with E-state index in [0.717, 1.165) is 19.3 Å². The number of nitrogens with two attached hydrogens (primary N) is 1. The van der Waals surface area contributed by atoms with Gasteiger partial charge >= 0.3 is 5.97 Å². The van der Waals surface area contributed by atoms with E-state index in [9.17, 15) is 9.18 Å². The lowest BCUT2D eigenvalue weighted by molar-refractivity contribution is 0.0698. The van der Waals surface area contributed by atoms with Crippen molar-refractivity contribution in [3.8, 4) is 0 Å². The van der Waals surface area contributed by atoms with E-state index in [1.165, 1.54) is 12.1 Å². The molecule has 0 amide bonds. The highest BCUT2D eigenvalue weighted by Crippen LogP contribution is 2.26. The molecule has 0 bridgehead atoms. The fourth-order valence-corrected chi connectivity index (χ4v) is 2.11. The first-order chi connectivity index (χ1) is 9.32. The van der Waals surface area contributed by atoms with Gasteiger partial charge in [0.1, 0.15) is 11.4 Å². The highest BCUT2D eigenvalue weighted by molar-refractivity contribution is 6.00. The summed E-state index contributed by atoms with van der Waals surface area (Å²) < 4.78 is 13.3. The van der Waals surface area contributed by atoms with Crippen LogP contribution in [0.3, 0.4) is 0 Å². The molecule has 1 atom stereocenters. The first-order valence-electron chi connectivity index (χ1n) is 6.90. The number of anilines is 2. The summed E-state index contributed by atoms with van der Waals surface area (Å²) in [6.45, 7) is 6.31. The zero-order chi connectivity index (χ0) is 15.3. The second kappa shape index (κ2) is 7.12. The Labute approximate surface area is 119 Å². The van der Waals surface area contributed by atoms with E-state index in [1.54, 1.807) is 0 Å². The summed E-state index contributed by atoms with van der Waals surface area (Å²) in [6, 6.07) is 2.72. The molecule has 0 spiro atoms. The number of carboxylic acids is 1. The van der Waals surface area contributed by atoms with Crippen LogP contribution in [0.5, 0.6) is 0 Å². The smallest absolute Gasteiger partial charge is 0.340 e. The molecule has 4 nitrogen and oxygen atoms in total. The predicted octanol–water partition coefficient (Wildman–Crippen LogP) is 3.73. The van der Waals surface area contributed by atoms with E-state index in [2.05, 4.69) is 19.2 Å². The second-order valence-corrected chi connectivity index (χ2v) is 5.56. The topological polar surface area (TPSA) is 75.3 Å². The van der Waals surface area contributed by atoms with Crippen LogP contribution in [0.15, 0.2) is 12.1 Å². The van der Waals surface area contributed by atoms with Gasteiger partial charge in [-0.2, -0.15) is 0 Å². The molecular weight excluding hydrogens is 259 g/mol. The van der Waals surface area contributed by atoms with E-state index in [-0.39, 0.29) is 17.3 Å². The molecule has 0 heterocycles. The van der Waals surface area contributed by atoms with Gasteiger partial charge in [-0.15, -0.1) is 0 Å². The van der Waals surface area contributed by atoms with Crippen molar-refractivity contribution in [3.05, 3.63) is 23.5 Å². The molecule has 4 N–H and O–H groups in total. The number of nitrogens with one attached hydrogen (secondary N) is 1. The van der Waals surface area contributed by atoms with Crippen molar-refractivity contribution in [1.82, 2.24) is 0 Å². The average Bonchev–Trinajstić information content (AvgIpc) is 2.33. The van der Waals surface area contributed by atoms with Gasteiger partial charge in [-0.05, 0) is 31.4 Å². The van der Waals surface area contributed by atoms with Crippen LogP contribution in [0.4, 0.5) is 15.8 Å². The predicted molar refractivity (Wildman–Crippen MR) is 79.5 cm³/mol. The van der Waals surface area contributed by atoms with Crippen LogP contribution in [0.1, 0.15) is 50.4 Å². The lowest BCUT2D eigenvalue weighted by atomic mass is 10.0. The van der Waals surface area contributed by atoms with Gasteiger partial charge in [-0.1, -0.05) is 26.7 Å². The van der Waals surface area contributed by atoms with E-state index >= 15 is 0 Å². The maximum absolute atomic E-state index is 13.3. The van der Waals surface area contributed by atoms with Crippen molar-refractivity contribution in [1.29, 1.82) is 0 Å². The Bertz CT molecular complexity index is 475. The SMILES string of the molecule is CC(C)CCCC(C)Nc1ccc(F)c(N)c1C(=O)O. The summed E-state index contributed by atoms with van der Waals surface area (Å²) in [4.78, 5) is 11.2. The van der Waals surface area contributed by atoms with Crippen LogP contribution in [0, 0.1) is 11.7 Å². The van der Waals surface area contributed by atoms with Crippen LogP contribution >= 0.6 is 0 Å². The molecular formula is C15H23FN2O2. The van der Waals surface area contributed by atoms with Gasteiger partial charge < -0.3 is 16.2 Å². The number of halogens is 1. The molecule has 1 rings (SSSR count). The molecule has 0 aliphatic heterocycles. The normalized spacial score (nSPS) is 12.4. The van der Waals surface area contributed by atoms with Crippen LogP contribution in [0.2, 0.25) is 0 Å². The molecule has 0 saturated heterocycles. The first kappa shape index (κ1) is 16.3. The minimum absolute atomic E-state index is 0.108. The standard InChI is InChI=1S/C15H23FN2O2/c1-9(2)5-4-6-10(3)18-12-8-7-11(16)14(17)13(12)15(19)20/h7-10,18H,4-6,17H2,1-3H3,(H,19,20). The van der Waals surface area contributed by atoms with Crippen molar-refractivity contribution in [3.63, 3.8) is 0 Å². The summed E-state index contributed by atoms with van der Waals surface area (Å²) in [6.07, 6.45) is 3.11. The first-order valence-corrected chi connectivity index (χ1v) is 6.90. The molecule has 0 radical (unpaired) electrons.